The summed E-state index contributed by atoms with van der Waals surface area (Å²) < 4.78 is 5.54. The van der Waals surface area contributed by atoms with E-state index in [2.05, 4.69) is 17.3 Å². The van der Waals surface area contributed by atoms with Crippen molar-refractivity contribution in [1.82, 2.24) is 15.1 Å². The van der Waals surface area contributed by atoms with Crippen molar-refractivity contribution in [3.63, 3.8) is 0 Å². The highest BCUT2D eigenvalue weighted by molar-refractivity contribution is 5.69. The SMILES string of the molecule is CN1CCC2(CNCCN2C(=O)OC(C)(C)C)C1. The number of ether oxygens (including phenoxy) is 1. The number of hydrogen-bond acceptors (Lipinski definition) is 4. The Kier molecular flexibility index (Phi) is 3.56. The maximum atomic E-state index is 12.3. The molecule has 1 unspecified atom stereocenters. The highest BCUT2D eigenvalue weighted by atomic mass is 16.6. The fourth-order valence-electron chi connectivity index (χ4n) is 2.87. The van der Waals surface area contributed by atoms with Gasteiger partial charge in [-0.3, -0.25) is 4.90 Å². The van der Waals surface area contributed by atoms with Crippen LogP contribution in [-0.2, 0) is 4.74 Å². The van der Waals surface area contributed by atoms with Crippen LogP contribution in [0.5, 0.6) is 0 Å². The van der Waals surface area contributed by atoms with Crippen LogP contribution in [0.15, 0.2) is 0 Å². The highest BCUT2D eigenvalue weighted by Gasteiger charge is 2.46. The van der Waals surface area contributed by atoms with Crippen molar-refractivity contribution >= 4 is 6.09 Å². The monoisotopic (exact) mass is 255 g/mol. The molecule has 2 heterocycles. The molecule has 1 spiro atoms. The van der Waals surface area contributed by atoms with Crippen LogP contribution in [0.4, 0.5) is 4.79 Å². The van der Waals surface area contributed by atoms with Gasteiger partial charge in [0.25, 0.3) is 0 Å². The number of rotatable bonds is 0. The zero-order valence-electron chi connectivity index (χ0n) is 12.0. The fourth-order valence-corrected chi connectivity index (χ4v) is 2.87. The summed E-state index contributed by atoms with van der Waals surface area (Å²) in [5.41, 5.74) is -0.497. The molecule has 104 valence electrons. The van der Waals surface area contributed by atoms with Crippen molar-refractivity contribution in [2.45, 2.75) is 38.3 Å². The molecule has 0 saturated carbocycles. The van der Waals surface area contributed by atoms with Gasteiger partial charge in [-0.25, -0.2) is 4.79 Å². The number of likely N-dealkylation sites (tertiary alicyclic amines) is 1. The molecule has 0 aromatic rings. The molecule has 0 aromatic carbocycles. The Morgan fingerprint density at radius 2 is 2.06 bits per heavy atom. The van der Waals surface area contributed by atoms with Gasteiger partial charge >= 0.3 is 6.09 Å². The third-order valence-corrected chi connectivity index (χ3v) is 3.68. The van der Waals surface area contributed by atoms with Crippen LogP contribution >= 0.6 is 0 Å². The predicted octanol–water partition coefficient (Wildman–Crippen LogP) is 0.901. The Labute approximate surface area is 109 Å². The molecule has 1 atom stereocenters. The smallest absolute Gasteiger partial charge is 0.410 e. The van der Waals surface area contributed by atoms with E-state index in [4.69, 9.17) is 4.74 Å². The molecule has 2 aliphatic rings. The second-order valence-corrected chi connectivity index (χ2v) is 6.52. The quantitative estimate of drug-likeness (QED) is 0.698. The van der Waals surface area contributed by atoms with E-state index in [0.717, 1.165) is 39.1 Å². The van der Waals surface area contributed by atoms with Crippen molar-refractivity contribution in [3.8, 4) is 0 Å². The number of nitrogens with one attached hydrogen (secondary N) is 1. The van der Waals surface area contributed by atoms with Crippen molar-refractivity contribution in [1.29, 1.82) is 0 Å². The fraction of sp³-hybridized carbons (Fsp3) is 0.923. The molecule has 5 nitrogen and oxygen atoms in total. The molecule has 2 saturated heterocycles. The van der Waals surface area contributed by atoms with Gasteiger partial charge in [0.05, 0.1) is 5.54 Å². The highest BCUT2D eigenvalue weighted by Crippen LogP contribution is 2.29. The zero-order chi connectivity index (χ0) is 13.4. The van der Waals surface area contributed by atoms with Crippen LogP contribution in [0.25, 0.3) is 0 Å². The number of likely N-dealkylation sites (N-methyl/N-ethyl adjacent to an activating group) is 1. The summed E-state index contributed by atoms with van der Waals surface area (Å²) in [5.74, 6) is 0. The first-order chi connectivity index (χ1) is 8.32. The molecule has 5 heteroatoms. The van der Waals surface area contributed by atoms with Crippen molar-refractivity contribution in [2.75, 3.05) is 39.8 Å². The summed E-state index contributed by atoms with van der Waals surface area (Å²) in [5, 5.41) is 3.41. The molecule has 2 aliphatic heterocycles. The summed E-state index contributed by atoms with van der Waals surface area (Å²) in [4.78, 5) is 16.6. The van der Waals surface area contributed by atoms with Gasteiger partial charge in [0, 0.05) is 32.7 Å². The van der Waals surface area contributed by atoms with Crippen LogP contribution < -0.4 is 5.32 Å². The third-order valence-electron chi connectivity index (χ3n) is 3.68. The van der Waals surface area contributed by atoms with Crippen LogP contribution in [0.1, 0.15) is 27.2 Å². The van der Waals surface area contributed by atoms with Crippen molar-refractivity contribution in [2.24, 2.45) is 0 Å². The van der Waals surface area contributed by atoms with Gasteiger partial charge in [-0.1, -0.05) is 0 Å². The minimum Gasteiger partial charge on any atom is -0.444 e. The summed E-state index contributed by atoms with van der Waals surface area (Å²) >= 11 is 0. The lowest BCUT2D eigenvalue weighted by atomic mass is 9.94. The Bertz CT molecular complexity index is 323. The van der Waals surface area contributed by atoms with Gasteiger partial charge in [0.2, 0.25) is 0 Å². The topological polar surface area (TPSA) is 44.8 Å². The molecule has 0 aromatic heterocycles. The molecular weight excluding hydrogens is 230 g/mol. The molecule has 0 radical (unpaired) electrons. The Morgan fingerprint density at radius 1 is 1.33 bits per heavy atom. The molecule has 2 rings (SSSR count). The molecule has 0 aliphatic carbocycles. The average molecular weight is 255 g/mol. The normalized spacial score (nSPS) is 29.9. The summed E-state index contributed by atoms with van der Waals surface area (Å²) in [6, 6.07) is 0. The van der Waals surface area contributed by atoms with Gasteiger partial charge in [-0.15, -0.1) is 0 Å². The van der Waals surface area contributed by atoms with E-state index in [-0.39, 0.29) is 11.6 Å². The number of piperazine rings is 1. The lowest BCUT2D eigenvalue weighted by Gasteiger charge is -2.45. The van der Waals surface area contributed by atoms with Crippen LogP contribution in [0, 0.1) is 0 Å². The van der Waals surface area contributed by atoms with E-state index in [1.807, 2.05) is 25.7 Å². The van der Waals surface area contributed by atoms with Crippen LogP contribution in [-0.4, -0.2) is 66.8 Å². The van der Waals surface area contributed by atoms with Crippen molar-refractivity contribution < 1.29 is 9.53 Å². The maximum Gasteiger partial charge on any atom is 0.410 e. The molecule has 2 fully saturated rings. The number of nitrogens with zero attached hydrogens (tertiary/aromatic N) is 2. The lowest BCUT2D eigenvalue weighted by molar-refractivity contribution is -0.00846. The Balaban J connectivity index is 2.11. The molecule has 1 N–H and O–H groups in total. The van der Waals surface area contributed by atoms with E-state index in [0.29, 0.717) is 0 Å². The largest absolute Gasteiger partial charge is 0.444 e. The molecule has 1 amide bonds. The average Bonchev–Trinajstić information content (AvgIpc) is 2.58. The second-order valence-electron chi connectivity index (χ2n) is 6.52. The molecular formula is C13H25N3O2. The first kappa shape index (κ1) is 13.6. The Morgan fingerprint density at radius 3 is 2.61 bits per heavy atom. The van der Waals surface area contributed by atoms with E-state index in [1.165, 1.54) is 0 Å². The van der Waals surface area contributed by atoms with Gasteiger partial charge in [0.15, 0.2) is 0 Å². The van der Waals surface area contributed by atoms with Gasteiger partial charge in [-0.05, 0) is 34.2 Å². The van der Waals surface area contributed by atoms with Gasteiger partial charge in [-0.2, -0.15) is 0 Å². The van der Waals surface area contributed by atoms with E-state index < -0.39 is 5.60 Å². The number of carbonyl (C=O) groups is 1. The minimum absolute atomic E-state index is 0.0741. The maximum absolute atomic E-state index is 12.3. The molecule has 0 bridgehead atoms. The van der Waals surface area contributed by atoms with Crippen molar-refractivity contribution in [3.05, 3.63) is 0 Å². The zero-order valence-corrected chi connectivity index (χ0v) is 12.0. The minimum atomic E-state index is -0.423. The number of hydrogen-bond donors (Lipinski definition) is 1. The Hall–Kier alpha value is -0.810. The summed E-state index contributed by atoms with van der Waals surface area (Å²) in [6.45, 7) is 10.2. The number of carbonyl (C=O) groups excluding carboxylic acids is 1. The van der Waals surface area contributed by atoms with E-state index in [1.54, 1.807) is 0 Å². The third kappa shape index (κ3) is 2.78. The van der Waals surface area contributed by atoms with Gasteiger partial charge in [0.1, 0.15) is 5.60 Å². The van der Waals surface area contributed by atoms with Gasteiger partial charge < -0.3 is 15.0 Å². The number of amides is 1. The first-order valence-electron chi connectivity index (χ1n) is 6.72. The summed E-state index contributed by atoms with van der Waals surface area (Å²) in [7, 11) is 2.11. The lowest BCUT2D eigenvalue weighted by Crippen LogP contribution is -2.64. The second kappa shape index (κ2) is 4.70. The van der Waals surface area contributed by atoms with Crippen LogP contribution in [0.2, 0.25) is 0 Å². The van der Waals surface area contributed by atoms with E-state index in [9.17, 15) is 4.79 Å². The predicted molar refractivity (Wildman–Crippen MR) is 70.7 cm³/mol. The first-order valence-corrected chi connectivity index (χ1v) is 6.72. The van der Waals surface area contributed by atoms with Crippen LogP contribution in [0.3, 0.4) is 0 Å². The standard InChI is InChI=1S/C13H25N3O2/c1-12(2,3)18-11(17)16-8-6-14-9-13(16)5-7-15(4)10-13/h14H,5-10H2,1-4H3. The summed E-state index contributed by atoms with van der Waals surface area (Å²) in [6.07, 6.45) is 0.856. The van der Waals surface area contributed by atoms with E-state index >= 15 is 0 Å². The molecule has 18 heavy (non-hydrogen) atoms.